The molecule has 1 nitrogen and oxygen atoms in total. The minimum atomic E-state index is 0.508. The molecule has 0 aliphatic heterocycles. The summed E-state index contributed by atoms with van der Waals surface area (Å²) in [5, 5.41) is 3.59. The Morgan fingerprint density at radius 2 is 1.92 bits per heavy atom. The average molecular weight is 183 g/mol. The summed E-state index contributed by atoms with van der Waals surface area (Å²) in [6.45, 7) is 10.5. The molecule has 0 aromatic carbocycles. The Kier molecular flexibility index (Phi) is 3.78. The van der Waals surface area contributed by atoms with Gasteiger partial charge < -0.3 is 5.32 Å². The van der Waals surface area contributed by atoms with Gasteiger partial charge in [-0.3, -0.25) is 0 Å². The van der Waals surface area contributed by atoms with Crippen LogP contribution in [0.3, 0.4) is 0 Å². The SMILES string of the molecule is CCNC1CCCC(C(C)(C)C)C1. The van der Waals surface area contributed by atoms with E-state index in [-0.39, 0.29) is 0 Å². The smallest absolute Gasteiger partial charge is 0.00697 e. The predicted octanol–water partition coefficient (Wildman–Crippen LogP) is 3.20. The van der Waals surface area contributed by atoms with Crippen LogP contribution in [0.2, 0.25) is 0 Å². The third kappa shape index (κ3) is 3.30. The zero-order valence-corrected chi connectivity index (χ0v) is 9.69. The van der Waals surface area contributed by atoms with Crippen molar-refractivity contribution in [2.24, 2.45) is 11.3 Å². The normalized spacial score (nSPS) is 30.5. The van der Waals surface area contributed by atoms with E-state index >= 15 is 0 Å². The van der Waals surface area contributed by atoms with Crippen LogP contribution in [0.5, 0.6) is 0 Å². The first-order valence-corrected chi connectivity index (χ1v) is 5.77. The van der Waals surface area contributed by atoms with Gasteiger partial charge in [-0.1, -0.05) is 34.1 Å². The Hall–Kier alpha value is -0.0400. The first kappa shape index (κ1) is 11.0. The van der Waals surface area contributed by atoms with Crippen molar-refractivity contribution in [3.8, 4) is 0 Å². The molecule has 0 heterocycles. The molecule has 1 heteroatoms. The van der Waals surface area contributed by atoms with Crippen molar-refractivity contribution in [3.63, 3.8) is 0 Å². The maximum absolute atomic E-state index is 3.59. The Balaban J connectivity index is 2.42. The number of hydrogen-bond acceptors (Lipinski definition) is 1. The summed E-state index contributed by atoms with van der Waals surface area (Å²) in [5.74, 6) is 0.922. The minimum Gasteiger partial charge on any atom is -0.314 e. The summed E-state index contributed by atoms with van der Waals surface area (Å²) in [7, 11) is 0. The zero-order valence-electron chi connectivity index (χ0n) is 9.69. The van der Waals surface area contributed by atoms with Gasteiger partial charge in [-0.25, -0.2) is 0 Å². The second-order valence-electron chi connectivity index (χ2n) is 5.48. The van der Waals surface area contributed by atoms with E-state index in [1.54, 1.807) is 0 Å². The van der Waals surface area contributed by atoms with Gasteiger partial charge in [0.1, 0.15) is 0 Å². The van der Waals surface area contributed by atoms with Gasteiger partial charge in [0.15, 0.2) is 0 Å². The van der Waals surface area contributed by atoms with Crippen molar-refractivity contribution < 1.29 is 0 Å². The number of rotatable bonds is 2. The van der Waals surface area contributed by atoms with Crippen LogP contribution in [0.1, 0.15) is 53.4 Å². The molecule has 0 radical (unpaired) electrons. The fourth-order valence-electron chi connectivity index (χ4n) is 2.45. The van der Waals surface area contributed by atoms with Gasteiger partial charge in [-0.15, -0.1) is 0 Å². The van der Waals surface area contributed by atoms with Crippen LogP contribution in [0.4, 0.5) is 0 Å². The number of nitrogens with one attached hydrogen (secondary N) is 1. The minimum absolute atomic E-state index is 0.508. The third-order valence-corrected chi connectivity index (χ3v) is 3.39. The van der Waals surface area contributed by atoms with Crippen molar-refractivity contribution in [2.75, 3.05) is 6.54 Å². The lowest BCUT2D eigenvalue weighted by Crippen LogP contribution is -2.37. The molecule has 0 amide bonds. The summed E-state index contributed by atoms with van der Waals surface area (Å²) in [6.07, 6.45) is 5.63. The van der Waals surface area contributed by atoms with Gasteiger partial charge in [0.2, 0.25) is 0 Å². The van der Waals surface area contributed by atoms with E-state index in [9.17, 15) is 0 Å². The van der Waals surface area contributed by atoms with Gasteiger partial charge >= 0.3 is 0 Å². The first-order valence-electron chi connectivity index (χ1n) is 5.77. The molecular formula is C12H25N. The highest BCUT2D eigenvalue weighted by Crippen LogP contribution is 2.37. The topological polar surface area (TPSA) is 12.0 Å². The van der Waals surface area contributed by atoms with Crippen molar-refractivity contribution in [1.29, 1.82) is 0 Å². The second-order valence-corrected chi connectivity index (χ2v) is 5.48. The molecule has 1 N–H and O–H groups in total. The van der Waals surface area contributed by atoms with Crippen LogP contribution >= 0.6 is 0 Å². The summed E-state index contributed by atoms with van der Waals surface area (Å²) >= 11 is 0. The maximum Gasteiger partial charge on any atom is 0.00697 e. The number of hydrogen-bond donors (Lipinski definition) is 1. The summed E-state index contributed by atoms with van der Waals surface area (Å²) in [6, 6.07) is 0.794. The Bertz CT molecular complexity index is 144. The molecule has 13 heavy (non-hydrogen) atoms. The van der Waals surface area contributed by atoms with Crippen LogP contribution in [0, 0.1) is 11.3 Å². The van der Waals surface area contributed by atoms with Crippen molar-refractivity contribution in [1.82, 2.24) is 5.32 Å². The third-order valence-electron chi connectivity index (χ3n) is 3.39. The molecule has 1 aliphatic rings. The first-order chi connectivity index (χ1) is 6.04. The van der Waals surface area contributed by atoms with E-state index in [4.69, 9.17) is 0 Å². The molecule has 0 aromatic rings. The molecule has 1 fully saturated rings. The fraction of sp³-hybridized carbons (Fsp3) is 1.00. The van der Waals surface area contributed by atoms with Gasteiger partial charge in [-0.2, -0.15) is 0 Å². The van der Waals surface area contributed by atoms with Gasteiger partial charge in [0, 0.05) is 6.04 Å². The molecule has 0 aromatic heterocycles. The Morgan fingerprint density at radius 1 is 1.23 bits per heavy atom. The molecule has 0 bridgehead atoms. The lowest BCUT2D eigenvalue weighted by Gasteiger charge is -2.38. The van der Waals surface area contributed by atoms with Gasteiger partial charge in [-0.05, 0) is 37.1 Å². The standard InChI is InChI=1S/C12H25N/c1-5-13-11-8-6-7-10(9-11)12(2,3)4/h10-11,13H,5-9H2,1-4H3. The van der Waals surface area contributed by atoms with Crippen molar-refractivity contribution in [2.45, 2.75) is 59.4 Å². The van der Waals surface area contributed by atoms with Crippen molar-refractivity contribution in [3.05, 3.63) is 0 Å². The van der Waals surface area contributed by atoms with E-state index in [1.807, 2.05) is 0 Å². The van der Waals surface area contributed by atoms with E-state index in [0.29, 0.717) is 5.41 Å². The monoisotopic (exact) mass is 183 g/mol. The average Bonchev–Trinajstić information content (AvgIpc) is 2.04. The van der Waals surface area contributed by atoms with Crippen LogP contribution in [-0.2, 0) is 0 Å². The molecule has 0 saturated heterocycles. The van der Waals surface area contributed by atoms with Crippen LogP contribution in [0.15, 0.2) is 0 Å². The highest BCUT2D eigenvalue weighted by Gasteiger charge is 2.29. The molecule has 1 rings (SSSR count). The van der Waals surface area contributed by atoms with Crippen LogP contribution < -0.4 is 5.32 Å². The molecule has 0 spiro atoms. The van der Waals surface area contributed by atoms with Crippen LogP contribution in [0.25, 0.3) is 0 Å². The molecule has 1 saturated carbocycles. The van der Waals surface area contributed by atoms with E-state index in [0.717, 1.165) is 18.5 Å². The summed E-state index contributed by atoms with van der Waals surface area (Å²) in [4.78, 5) is 0. The largest absolute Gasteiger partial charge is 0.314 e. The predicted molar refractivity (Wildman–Crippen MR) is 58.9 cm³/mol. The quantitative estimate of drug-likeness (QED) is 0.693. The maximum atomic E-state index is 3.59. The van der Waals surface area contributed by atoms with Crippen molar-refractivity contribution >= 4 is 0 Å². The van der Waals surface area contributed by atoms with Gasteiger partial charge in [0.05, 0.1) is 0 Å². The Labute approximate surface area is 83.3 Å². The summed E-state index contributed by atoms with van der Waals surface area (Å²) < 4.78 is 0. The fourth-order valence-corrected chi connectivity index (χ4v) is 2.45. The molecule has 2 unspecified atom stereocenters. The Morgan fingerprint density at radius 3 is 2.46 bits per heavy atom. The summed E-state index contributed by atoms with van der Waals surface area (Å²) in [5.41, 5.74) is 0.508. The zero-order chi connectivity index (χ0) is 9.90. The molecule has 1 aliphatic carbocycles. The highest BCUT2D eigenvalue weighted by atomic mass is 14.9. The lowest BCUT2D eigenvalue weighted by molar-refractivity contribution is 0.155. The van der Waals surface area contributed by atoms with E-state index in [1.165, 1.54) is 25.7 Å². The lowest BCUT2D eigenvalue weighted by atomic mass is 9.71. The highest BCUT2D eigenvalue weighted by molar-refractivity contribution is 4.83. The van der Waals surface area contributed by atoms with E-state index in [2.05, 4.69) is 33.0 Å². The molecule has 2 atom stereocenters. The second kappa shape index (κ2) is 4.45. The molecule has 78 valence electrons. The molecular weight excluding hydrogens is 158 g/mol. The van der Waals surface area contributed by atoms with E-state index < -0.39 is 0 Å². The van der Waals surface area contributed by atoms with Crippen LogP contribution in [-0.4, -0.2) is 12.6 Å². The van der Waals surface area contributed by atoms with Gasteiger partial charge in [0.25, 0.3) is 0 Å².